The fraction of sp³-hybridized carbons (Fsp3) is 0.0667. The number of hydrogen-bond acceptors (Lipinski definition) is 4. The predicted octanol–water partition coefficient (Wildman–Crippen LogP) is 3.77. The van der Waals surface area contributed by atoms with Gasteiger partial charge in [0.1, 0.15) is 5.75 Å². The van der Waals surface area contributed by atoms with Gasteiger partial charge in [-0.15, -0.1) is 0 Å². The van der Waals surface area contributed by atoms with E-state index in [0.29, 0.717) is 16.6 Å². The monoisotopic (exact) mass is 330 g/mol. The van der Waals surface area contributed by atoms with Gasteiger partial charge in [-0.25, -0.2) is 4.98 Å². The van der Waals surface area contributed by atoms with Gasteiger partial charge in [0.05, 0.1) is 23.7 Å². The SMILES string of the molecule is COc1ccc(-c2cc3ncc(Br)cc3c(O)n2)cc1. The quantitative estimate of drug-likeness (QED) is 0.777. The minimum atomic E-state index is -0.0258. The molecule has 5 heteroatoms. The highest BCUT2D eigenvalue weighted by molar-refractivity contribution is 9.10. The molecule has 3 rings (SSSR count). The molecule has 2 aromatic heterocycles. The summed E-state index contributed by atoms with van der Waals surface area (Å²) in [5.74, 6) is 0.753. The molecule has 0 saturated carbocycles. The number of hydrogen-bond donors (Lipinski definition) is 1. The number of fused-ring (bicyclic) bond motifs is 1. The van der Waals surface area contributed by atoms with Crippen LogP contribution in [0.4, 0.5) is 0 Å². The van der Waals surface area contributed by atoms with Crippen molar-refractivity contribution < 1.29 is 9.84 Å². The van der Waals surface area contributed by atoms with Gasteiger partial charge >= 0.3 is 0 Å². The summed E-state index contributed by atoms with van der Waals surface area (Å²) in [6, 6.07) is 11.1. The number of benzene rings is 1. The van der Waals surface area contributed by atoms with Crippen LogP contribution in [0.2, 0.25) is 0 Å². The first-order valence-electron chi connectivity index (χ1n) is 5.97. The van der Waals surface area contributed by atoms with Gasteiger partial charge in [0.15, 0.2) is 0 Å². The lowest BCUT2D eigenvalue weighted by molar-refractivity contribution is 0.415. The van der Waals surface area contributed by atoms with Crippen LogP contribution >= 0.6 is 15.9 Å². The lowest BCUT2D eigenvalue weighted by Crippen LogP contribution is -1.89. The molecule has 0 atom stereocenters. The predicted molar refractivity (Wildman–Crippen MR) is 80.9 cm³/mol. The number of aromatic nitrogens is 2. The van der Waals surface area contributed by atoms with E-state index in [1.165, 1.54) is 0 Å². The van der Waals surface area contributed by atoms with E-state index in [9.17, 15) is 5.11 Å². The summed E-state index contributed by atoms with van der Waals surface area (Å²) in [4.78, 5) is 8.51. The molecule has 0 aliphatic carbocycles. The van der Waals surface area contributed by atoms with Crippen molar-refractivity contribution in [1.82, 2.24) is 9.97 Å². The van der Waals surface area contributed by atoms with E-state index in [2.05, 4.69) is 25.9 Å². The minimum absolute atomic E-state index is 0.0258. The Labute approximate surface area is 124 Å². The Balaban J connectivity index is 2.14. The summed E-state index contributed by atoms with van der Waals surface area (Å²) in [7, 11) is 1.62. The van der Waals surface area contributed by atoms with Crippen molar-refractivity contribution in [2.45, 2.75) is 0 Å². The Bertz CT molecular complexity index is 773. The summed E-state index contributed by atoms with van der Waals surface area (Å²) >= 11 is 3.33. The standard InChI is InChI=1S/C15H11BrN2O2/c1-20-11-4-2-9(3-5-11)13-7-14-12(15(19)18-13)6-10(16)8-17-14/h2-8H,1H3,(H,18,19). The molecular formula is C15H11BrN2O2. The molecule has 0 radical (unpaired) electrons. The largest absolute Gasteiger partial charge is 0.497 e. The van der Waals surface area contributed by atoms with E-state index < -0.39 is 0 Å². The third-order valence-electron chi connectivity index (χ3n) is 3.01. The molecule has 1 aromatic carbocycles. The van der Waals surface area contributed by atoms with Gasteiger partial charge in [-0.3, -0.25) is 4.98 Å². The zero-order chi connectivity index (χ0) is 14.1. The molecule has 0 aliphatic heterocycles. The molecule has 3 aromatic rings. The highest BCUT2D eigenvalue weighted by Gasteiger charge is 2.08. The number of ether oxygens (including phenoxy) is 1. The van der Waals surface area contributed by atoms with Crippen LogP contribution in [0.15, 0.2) is 47.1 Å². The summed E-state index contributed by atoms with van der Waals surface area (Å²) in [6.45, 7) is 0. The second-order valence-electron chi connectivity index (χ2n) is 4.28. The van der Waals surface area contributed by atoms with E-state index in [4.69, 9.17) is 4.74 Å². The van der Waals surface area contributed by atoms with E-state index in [1.54, 1.807) is 19.4 Å². The summed E-state index contributed by atoms with van der Waals surface area (Å²) in [5, 5.41) is 10.7. The Kier molecular flexibility index (Phi) is 3.28. The summed E-state index contributed by atoms with van der Waals surface area (Å²) in [5.41, 5.74) is 2.27. The second kappa shape index (κ2) is 5.09. The molecular weight excluding hydrogens is 320 g/mol. The smallest absolute Gasteiger partial charge is 0.221 e. The van der Waals surface area contributed by atoms with Crippen LogP contribution in [0.3, 0.4) is 0 Å². The number of nitrogens with zero attached hydrogens (tertiary/aromatic N) is 2. The molecule has 4 nitrogen and oxygen atoms in total. The van der Waals surface area contributed by atoms with Crippen LogP contribution in [0.5, 0.6) is 11.6 Å². The molecule has 0 bridgehead atoms. The average Bonchev–Trinajstić information content (AvgIpc) is 2.48. The van der Waals surface area contributed by atoms with E-state index in [0.717, 1.165) is 15.8 Å². The topological polar surface area (TPSA) is 55.2 Å². The molecule has 0 fully saturated rings. The van der Waals surface area contributed by atoms with Crippen LogP contribution in [0.25, 0.3) is 22.2 Å². The Hall–Kier alpha value is -2.14. The molecule has 2 heterocycles. The third kappa shape index (κ3) is 2.32. The van der Waals surface area contributed by atoms with Gasteiger partial charge in [0, 0.05) is 16.2 Å². The highest BCUT2D eigenvalue weighted by atomic mass is 79.9. The number of aromatic hydroxyl groups is 1. The van der Waals surface area contributed by atoms with Crippen LogP contribution in [0, 0.1) is 0 Å². The van der Waals surface area contributed by atoms with Crippen LogP contribution < -0.4 is 4.74 Å². The molecule has 0 unspecified atom stereocenters. The van der Waals surface area contributed by atoms with Crippen LogP contribution in [-0.2, 0) is 0 Å². The van der Waals surface area contributed by atoms with Gasteiger partial charge in [-0.1, -0.05) is 0 Å². The fourth-order valence-corrected chi connectivity index (χ4v) is 2.32. The van der Waals surface area contributed by atoms with Crippen molar-refractivity contribution in [1.29, 1.82) is 0 Å². The van der Waals surface area contributed by atoms with Gasteiger partial charge in [-0.05, 0) is 52.3 Å². The first-order valence-corrected chi connectivity index (χ1v) is 6.76. The molecule has 100 valence electrons. The number of pyridine rings is 2. The first kappa shape index (κ1) is 12.9. The third-order valence-corrected chi connectivity index (χ3v) is 3.45. The normalized spacial score (nSPS) is 10.7. The van der Waals surface area contributed by atoms with E-state index in [1.807, 2.05) is 30.3 Å². The van der Waals surface area contributed by atoms with E-state index in [-0.39, 0.29) is 5.88 Å². The molecule has 1 N–H and O–H groups in total. The van der Waals surface area contributed by atoms with Crippen molar-refractivity contribution in [2.75, 3.05) is 7.11 Å². The maximum Gasteiger partial charge on any atom is 0.221 e. The van der Waals surface area contributed by atoms with Gasteiger partial charge < -0.3 is 9.84 Å². The maximum absolute atomic E-state index is 10.0. The Morgan fingerprint density at radius 2 is 1.90 bits per heavy atom. The lowest BCUT2D eigenvalue weighted by atomic mass is 10.1. The van der Waals surface area contributed by atoms with Crippen molar-refractivity contribution in [2.24, 2.45) is 0 Å². The molecule has 0 amide bonds. The molecule has 0 spiro atoms. The lowest BCUT2D eigenvalue weighted by Gasteiger charge is -2.06. The van der Waals surface area contributed by atoms with Crippen molar-refractivity contribution in [3.05, 3.63) is 47.1 Å². The average molecular weight is 331 g/mol. The van der Waals surface area contributed by atoms with Crippen molar-refractivity contribution >= 4 is 26.8 Å². The zero-order valence-corrected chi connectivity index (χ0v) is 12.3. The van der Waals surface area contributed by atoms with Gasteiger partial charge in [0.2, 0.25) is 5.88 Å². The minimum Gasteiger partial charge on any atom is -0.497 e. The zero-order valence-electron chi connectivity index (χ0n) is 10.7. The molecule has 20 heavy (non-hydrogen) atoms. The van der Waals surface area contributed by atoms with Crippen LogP contribution in [-0.4, -0.2) is 22.2 Å². The Morgan fingerprint density at radius 1 is 1.15 bits per heavy atom. The summed E-state index contributed by atoms with van der Waals surface area (Å²) < 4.78 is 5.93. The number of halogens is 1. The second-order valence-corrected chi connectivity index (χ2v) is 5.20. The van der Waals surface area contributed by atoms with Crippen LogP contribution in [0.1, 0.15) is 0 Å². The number of methoxy groups -OCH3 is 1. The number of rotatable bonds is 2. The fourth-order valence-electron chi connectivity index (χ4n) is 1.99. The summed E-state index contributed by atoms with van der Waals surface area (Å²) in [6.07, 6.45) is 1.69. The van der Waals surface area contributed by atoms with Crippen molar-refractivity contribution in [3.63, 3.8) is 0 Å². The molecule has 0 aliphatic rings. The van der Waals surface area contributed by atoms with Crippen molar-refractivity contribution in [3.8, 4) is 22.9 Å². The first-order chi connectivity index (χ1) is 9.67. The highest BCUT2D eigenvalue weighted by Crippen LogP contribution is 2.29. The van der Waals surface area contributed by atoms with E-state index >= 15 is 0 Å². The maximum atomic E-state index is 10.0. The molecule has 0 saturated heterocycles. The van der Waals surface area contributed by atoms with Gasteiger partial charge in [0.25, 0.3) is 0 Å². The Morgan fingerprint density at radius 3 is 2.60 bits per heavy atom. The van der Waals surface area contributed by atoms with Gasteiger partial charge in [-0.2, -0.15) is 0 Å².